The summed E-state index contributed by atoms with van der Waals surface area (Å²) in [6, 6.07) is 11.1. The summed E-state index contributed by atoms with van der Waals surface area (Å²) in [7, 11) is 0. The van der Waals surface area contributed by atoms with Crippen molar-refractivity contribution >= 4 is 11.9 Å². The predicted octanol–water partition coefficient (Wildman–Crippen LogP) is 6.64. The molecule has 162 valence electrons. The number of ether oxygens (including phenoxy) is 3. The van der Waals surface area contributed by atoms with Gasteiger partial charge in [0, 0.05) is 17.2 Å². The summed E-state index contributed by atoms with van der Waals surface area (Å²) in [6.07, 6.45) is 3.37. The van der Waals surface area contributed by atoms with E-state index in [2.05, 4.69) is 0 Å². The Morgan fingerprint density at radius 3 is 2.00 bits per heavy atom. The van der Waals surface area contributed by atoms with Crippen LogP contribution in [0.1, 0.15) is 70.0 Å². The molecule has 0 radical (unpaired) electrons. The van der Waals surface area contributed by atoms with Crippen LogP contribution in [-0.4, -0.2) is 23.6 Å². The minimum Gasteiger partial charge on any atom is -0.494 e. The zero-order chi connectivity index (χ0) is 22.5. The van der Waals surface area contributed by atoms with Crippen molar-refractivity contribution in [3.8, 4) is 17.2 Å². The zero-order valence-electron chi connectivity index (χ0n) is 19.5. The fourth-order valence-corrected chi connectivity index (χ4v) is 2.82. The van der Waals surface area contributed by atoms with E-state index in [0.29, 0.717) is 17.9 Å². The van der Waals surface area contributed by atoms with Gasteiger partial charge in [0.1, 0.15) is 28.5 Å². The Kier molecular flexibility index (Phi) is 7.35. The molecule has 0 atom stereocenters. The fourth-order valence-electron chi connectivity index (χ4n) is 2.82. The third kappa shape index (κ3) is 7.25. The minimum absolute atomic E-state index is 0.0765. The fraction of sp³-hybridized carbons (Fsp3) is 0.423. The second kappa shape index (κ2) is 9.38. The molecule has 0 unspecified atom stereocenters. The topological polar surface area (TPSA) is 44.8 Å². The third-order valence-electron chi connectivity index (χ3n) is 4.00. The first-order valence-electron chi connectivity index (χ1n) is 10.4. The first kappa shape index (κ1) is 23.5. The quantitative estimate of drug-likeness (QED) is 0.379. The number of carbonyl (C=O) groups excluding carboxylic acids is 1. The van der Waals surface area contributed by atoms with Crippen LogP contribution < -0.4 is 14.2 Å². The largest absolute Gasteiger partial charge is 0.494 e. The van der Waals surface area contributed by atoms with Crippen molar-refractivity contribution in [2.75, 3.05) is 6.61 Å². The number of benzene rings is 2. The van der Waals surface area contributed by atoms with Gasteiger partial charge in [-0.05, 0) is 103 Å². The van der Waals surface area contributed by atoms with Crippen molar-refractivity contribution in [3.63, 3.8) is 0 Å². The molecule has 0 heterocycles. The van der Waals surface area contributed by atoms with E-state index in [1.807, 2.05) is 79.7 Å². The molecule has 0 aliphatic heterocycles. The molecule has 0 saturated carbocycles. The summed E-state index contributed by atoms with van der Waals surface area (Å²) in [5, 5.41) is 0. The van der Waals surface area contributed by atoms with E-state index in [1.54, 1.807) is 24.3 Å². The molecule has 0 aliphatic rings. The van der Waals surface area contributed by atoms with Crippen LogP contribution in [-0.2, 0) is 0 Å². The van der Waals surface area contributed by atoms with Crippen LogP contribution in [0.3, 0.4) is 0 Å². The summed E-state index contributed by atoms with van der Waals surface area (Å²) < 4.78 is 17.7. The Balaban J connectivity index is 2.33. The lowest BCUT2D eigenvalue weighted by atomic mass is 10.0. The van der Waals surface area contributed by atoms with E-state index in [1.165, 1.54) is 0 Å². The minimum atomic E-state index is -0.379. The number of hydrogen-bond acceptors (Lipinski definition) is 4. The lowest BCUT2D eigenvalue weighted by Crippen LogP contribution is -2.25. The molecular formula is C26H34O4. The molecule has 0 saturated heterocycles. The molecule has 0 amide bonds. The Morgan fingerprint density at radius 2 is 1.47 bits per heavy atom. The number of ketones is 1. The second-order valence-corrected chi connectivity index (χ2v) is 9.24. The highest BCUT2D eigenvalue weighted by molar-refractivity contribution is 6.07. The maximum Gasteiger partial charge on any atom is 0.185 e. The standard InChI is InChI=1S/C26H34O4/c1-9-28-21-13-10-19(11-14-21)22(27)15-12-20-16-18(2)23(29-25(3,4)5)17-24(20)30-26(6,7)8/h10-17H,9H2,1-8H3/b15-12+. The van der Waals surface area contributed by atoms with Gasteiger partial charge in [0.2, 0.25) is 0 Å². The van der Waals surface area contributed by atoms with Gasteiger partial charge in [-0.3, -0.25) is 4.79 Å². The normalized spacial score (nSPS) is 12.1. The van der Waals surface area contributed by atoms with Gasteiger partial charge in [-0.1, -0.05) is 0 Å². The monoisotopic (exact) mass is 410 g/mol. The highest BCUT2D eigenvalue weighted by Crippen LogP contribution is 2.34. The summed E-state index contributed by atoms with van der Waals surface area (Å²) in [5.74, 6) is 2.14. The molecule has 4 nitrogen and oxygen atoms in total. The van der Waals surface area contributed by atoms with Crippen molar-refractivity contribution in [2.24, 2.45) is 0 Å². The average molecular weight is 411 g/mol. The van der Waals surface area contributed by atoms with Crippen molar-refractivity contribution in [3.05, 3.63) is 59.2 Å². The molecule has 2 aromatic carbocycles. The lowest BCUT2D eigenvalue weighted by Gasteiger charge is -2.26. The maximum absolute atomic E-state index is 12.6. The van der Waals surface area contributed by atoms with Crippen LogP contribution in [0.4, 0.5) is 0 Å². The van der Waals surface area contributed by atoms with Crippen molar-refractivity contribution in [2.45, 2.75) is 66.6 Å². The van der Waals surface area contributed by atoms with Crippen molar-refractivity contribution in [1.29, 1.82) is 0 Å². The Bertz CT molecular complexity index is 894. The van der Waals surface area contributed by atoms with E-state index in [0.717, 1.165) is 22.6 Å². The maximum atomic E-state index is 12.6. The van der Waals surface area contributed by atoms with E-state index in [9.17, 15) is 4.79 Å². The van der Waals surface area contributed by atoms with Gasteiger partial charge in [-0.2, -0.15) is 0 Å². The first-order valence-corrected chi connectivity index (χ1v) is 10.4. The molecule has 0 spiro atoms. The average Bonchev–Trinajstić information content (AvgIpc) is 2.61. The van der Waals surface area contributed by atoms with Crippen LogP contribution in [0.25, 0.3) is 6.08 Å². The summed E-state index contributed by atoms with van der Waals surface area (Å²) in [6.45, 7) is 16.5. The molecule has 0 fully saturated rings. The van der Waals surface area contributed by atoms with Gasteiger partial charge in [-0.25, -0.2) is 0 Å². The molecule has 0 aliphatic carbocycles. The van der Waals surface area contributed by atoms with Crippen LogP contribution in [0.15, 0.2) is 42.5 Å². The van der Waals surface area contributed by atoms with Gasteiger partial charge in [0.15, 0.2) is 5.78 Å². The Morgan fingerprint density at radius 1 is 0.900 bits per heavy atom. The van der Waals surface area contributed by atoms with Crippen LogP contribution in [0, 0.1) is 6.92 Å². The summed E-state index contributed by atoms with van der Waals surface area (Å²) >= 11 is 0. The number of allylic oxidation sites excluding steroid dienone is 1. The number of rotatable bonds is 7. The summed E-state index contributed by atoms with van der Waals surface area (Å²) in [4.78, 5) is 12.6. The molecule has 30 heavy (non-hydrogen) atoms. The van der Waals surface area contributed by atoms with Gasteiger partial charge < -0.3 is 14.2 Å². The van der Waals surface area contributed by atoms with Crippen LogP contribution in [0.2, 0.25) is 0 Å². The predicted molar refractivity (Wildman–Crippen MR) is 123 cm³/mol. The highest BCUT2D eigenvalue weighted by atomic mass is 16.5. The zero-order valence-corrected chi connectivity index (χ0v) is 19.5. The van der Waals surface area contributed by atoms with Gasteiger partial charge >= 0.3 is 0 Å². The highest BCUT2D eigenvalue weighted by Gasteiger charge is 2.19. The molecular weight excluding hydrogens is 376 g/mol. The van der Waals surface area contributed by atoms with Gasteiger partial charge in [0.05, 0.1) is 6.61 Å². The number of hydrogen-bond donors (Lipinski definition) is 0. The number of carbonyl (C=O) groups is 1. The van der Waals surface area contributed by atoms with E-state index in [4.69, 9.17) is 14.2 Å². The van der Waals surface area contributed by atoms with Crippen molar-refractivity contribution < 1.29 is 19.0 Å². The SMILES string of the molecule is CCOc1ccc(C(=O)/C=C/c2cc(C)c(OC(C)(C)C)cc2OC(C)(C)C)cc1. The van der Waals surface area contributed by atoms with E-state index < -0.39 is 0 Å². The van der Waals surface area contributed by atoms with Crippen LogP contribution in [0.5, 0.6) is 17.2 Å². The molecule has 4 heteroatoms. The van der Waals surface area contributed by atoms with Crippen LogP contribution >= 0.6 is 0 Å². The summed E-state index contributed by atoms with van der Waals surface area (Å²) in [5.41, 5.74) is 1.74. The van der Waals surface area contributed by atoms with E-state index in [-0.39, 0.29) is 17.0 Å². The number of aryl methyl sites for hydroxylation is 1. The Labute approximate surface area is 180 Å². The molecule has 2 rings (SSSR count). The Hall–Kier alpha value is -2.75. The smallest absolute Gasteiger partial charge is 0.185 e. The van der Waals surface area contributed by atoms with E-state index >= 15 is 0 Å². The lowest BCUT2D eigenvalue weighted by molar-refractivity contribution is 0.104. The second-order valence-electron chi connectivity index (χ2n) is 9.24. The molecule has 2 aromatic rings. The third-order valence-corrected chi connectivity index (χ3v) is 4.00. The van der Waals surface area contributed by atoms with Crippen molar-refractivity contribution in [1.82, 2.24) is 0 Å². The molecule has 0 bridgehead atoms. The first-order chi connectivity index (χ1) is 13.9. The molecule has 0 N–H and O–H groups in total. The van der Waals surface area contributed by atoms with Gasteiger partial charge in [0.25, 0.3) is 0 Å². The van der Waals surface area contributed by atoms with Gasteiger partial charge in [-0.15, -0.1) is 0 Å². The molecule has 0 aromatic heterocycles.